The molecule has 0 radical (unpaired) electrons. The lowest BCUT2D eigenvalue weighted by Gasteiger charge is -2.29. The van der Waals surface area contributed by atoms with Crippen molar-refractivity contribution in [3.63, 3.8) is 0 Å². The maximum absolute atomic E-state index is 11.4. The molecule has 5 heteroatoms. The first-order valence-corrected chi connectivity index (χ1v) is 4.98. The first-order valence-electron chi connectivity index (χ1n) is 4.98. The lowest BCUT2D eigenvalue weighted by Crippen LogP contribution is -2.55. The number of amides is 1. The molecule has 4 N–H and O–H groups in total. The van der Waals surface area contributed by atoms with Crippen LogP contribution in [0.25, 0.3) is 0 Å². The van der Waals surface area contributed by atoms with Gasteiger partial charge in [-0.1, -0.05) is 13.0 Å². The van der Waals surface area contributed by atoms with Crippen molar-refractivity contribution in [3.8, 4) is 0 Å². The van der Waals surface area contributed by atoms with Gasteiger partial charge in [0.15, 0.2) is 0 Å². The Kier molecular flexibility index (Phi) is 6.94. The van der Waals surface area contributed by atoms with Crippen LogP contribution in [0.2, 0.25) is 0 Å². The van der Waals surface area contributed by atoms with Crippen molar-refractivity contribution >= 4 is 5.91 Å². The Bertz CT molecular complexity index is 195. The van der Waals surface area contributed by atoms with Crippen molar-refractivity contribution in [2.24, 2.45) is 0 Å². The highest BCUT2D eigenvalue weighted by molar-refractivity contribution is 5.78. The Labute approximate surface area is 90.2 Å². The molecule has 0 aliphatic heterocycles. The molecule has 0 saturated carbocycles. The standard InChI is InChI=1S/C10H20N2O3/c1-3-5-11-6-9(15)12-10(4-2,7-13)8-14/h3,11,13-14H,1,4-8H2,2H3,(H,12,15). The zero-order chi connectivity index (χ0) is 11.7. The Hall–Kier alpha value is -0.910. The average molecular weight is 216 g/mol. The van der Waals surface area contributed by atoms with Gasteiger partial charge in [-0.05, 0) is 6.42 Å². The number of rotatable bonds is 8. The van der Waals surface area contributed by atoms with Gasteiger partial charge < -0.3 is 20.8 Å². The first kappa shape index (κ1) is 14.1. The zero-order valence-electron chi connectivity index (χ0n) is 9.12. The summed E-state index contributed by atoms with van der Waals surface area (Å²) in [5.74, 6) is -0.248. The first-order chi connectivity index (χ1) is 7.14. The SMILES string of the molecule is C=CCNCC(=O)NC(CC)(CO)CO. The summed E-state index contributed by atoms with van der Waals surface area (Å²) in [6.07, 6.45) is 2.13. The number of aliphatic hydroxyl groups excluding tert-OH is 2. The third-order valence-corrected chi connectivity index (χ3v) is 2.26. The van der Waals surface area contributed by atoms with Crippen molar-refractivity contribution < 1.29 is 15.0 Å². The molecule has 0 atom stereocenters. The van der Waals surface area contributed by atoms with E-state index in [1.165, 1.54) is 0 Å². The summed E-state index contributed by atoms with van der Waals surface area (Å²) in [6, 6.07) is 0. The molecule has 0 aromatic heterocycles. The lowest BCUT2D eigenvalue weighted by molar-refractivity contribution is -0.123. The molecule has 0 aromatic rings. The van der Waals surface area contributed by atoms with Crippen LogP contribution < -0.4 is 10.6 Å². The zero-order valence-corrected chi connectivity index (χ0v) is 9.12. The van der Waals surface area contributed by atoms with Crippen LogP contribution in [0.3, 0.4) is 0 Å². The Balaban J connectivity index is 4.05. The molecule has 0 saturated heterocycles. The normalized spacial score (nSPS) is 11.1. The van der Waals surface area contributed by atoms with Gasteiger partial charge in [-0.3, -0.25) is 4.79 Å². The second-order valence-corrected chi connectivity index (χ2v) is 3.42. The van der Waals surface area contributed by atoms with Crippen LogP contribution in [-0.2, 0) is 4.79 Å². The fraction of sp³-hybridized carbons (Fsp3) is 0.700. The number of aliphatic hydroxyl groups is 2. The van der Waals surface area contributed by atoms with Gasteiger partial charge in [0.05, 0.1) is 25.3 Å². The molecule has 0 bridgehead atoms. The summed E-state index contributed by atoms with van der Waals surface area (Å²) in [5.41, 5.74) is -0.910. The van der Waals surface area contributed by atoms with Crippen LogP contribution in [0.1, 0.15) is 13.3 Å². The van der Waals surface area contributed by atoms with Crippen LogP contribution in [0.5, 0.6) is 0 Å². The molecule has 0 heterocycles. The van der Waals surface area contributed by atoms with E-state index in [4.69, 9.17) is 10.2 Å². The smallest absolute Gasteiger partial charge is 0.234 e. The third-order valence-electron chi connectivity index (χ3n) is 2.26. The monoisotopic (exact) mass is 216 g/mol. The highest BCUT2D eigenvalue weighted by Gasteiger charge is 2.27. The van der Waals surface area contributed by atoms with E-state index in [2.05, 4.69) is 17.2 Å². The average Bonchev–Trinajstić information content (AvgIpc) is 2.26. The van der Waals surface area contributed by atoms with Crippen molar-refractivity contribution in [2.75, 3.05) is 26.3 Å². The molecule has 0 aliphatic rings. The molecule has 1 amide bonds. The van der Waals surface area contributed by atoms with E-state index in [9.17, 15) is 4.79 Å². The molecular formula is C10H20N2O3. The highest BCUT2D eigenvalue weighted by atomic mass is 16.3. The Morgan fingerprint density at radius 1 is 1.47 bits per heavy atom. The molecule has 0 rings (SSSR count). The Morgan fingerprint density at radius 2 is 2.07 bits per heavy atom. The molecule has 0 aromatic carbocycles. The van der Waals surface area contributed by atoms with E-state index < -0.39 is 5.54 Å². The molecule has 5 nitrogen and oxygen atoms in total. The fourth-order valence-electron chi connectivity index (χ4n) is 1.07. The number of hydrogen-bond acceptors (Lipinski definition) is 4. The molecule has 0 unspecified atom stereocenters. The number of carbonyl (C=O) groups is 1. The predicted molar refractivity (Wildman–Crippen MR) is 58.4 cm³/mol. The molecule has 15 heavy (non-hydrogen) atoms. The maximum atomic E-state index is 11.4. The highest BCUT2D eigenvalue weighted by Crippen LogP contribution is 2.07. The van der Waals surface area contributed by atoms with Gasteiger partial charge in [0.25, 0.3) is 0 Å². The summed E-state index contributed by atoms with van der Waals surface area (Å²) in [5, 5.41) is 23.6. The summed E-state index contributed by atoms with van der Waals surface area (Å²) < 4.78 is 0. The minimum absolute atomic E-state index is 0.147. The molecular weight excluding hydrogens is 196 g/mol. The van der Waals surface area contributed by atoms with Crippen LogP contribution >= 0.6 is 0 Å². The van der Waals surface area contributed by atoms with E-state index >= 15 is 0 Å². The predicted octanol–water partition coefficient (Wildman–Crippen LogP) is -0.988. The van der Waals surface area contributed by atoms with Gasteiger partial charge in [-0.2, -0.15) is 0 Å². The number of hydrogen-bond donors (Lipinski definition) is 4. The van der Waals surface area contributed by atoms with Gasteiger partial charge in [-0.15, -0.1) is 6.58 Å². The van der Waals surface area contributed by atoms with Crippen LogP contribution in [0.4, 0.5) is 0 Å². The molecule has 0 fully saturated rings. The Morgan fingerprint density at radius 3 is 2.47 bits per heavy atom. The van der Waals surface area contributed by atoms with E-state index in [-0.39, 0.29) is 25.7 Å². The quantitative estimate of drug-likeness (QED) is 0.310. The van der Waals surface area contributed by atoms with Gasteiger partial charge in [-0.25, -0.2) is 0 Å². The van der Waals surface area contributed by atoms with Crippen molar-refractivity contribution in [2.45, 2.75) is 18.9 Å². The van der Waals surface area contributed by atoms with Crippen LogP contribution in [0, 0.1) is 0 Å². The van der Waals surface area contributed by atoms with Crippen LogP contribution in [-0.4, -0.2) is 48.0 Å². The summed E-state index contributed by atoms with van der Waals surface area (Å²) >= 11 is 0. The number of carbonyl (C=O) groups excluding carboxylic acids is 1. The van der Waals surface area contributed by atoms with E-state index in [1.54, 1.807) is 13.0 Å². The van der Waals surface area contributed by atoms with E-state index in [0.29, 0.717) is 13.0 Å². The van der Waals surface area contributed by atoms with E-state index in [1.807, 2.05) is 0 Å². The molecule has 88 valence electrons. The van der Waals surface area contributed by atoms with Crippen molar-refractivity contribution in [1.82, 2.24) is 10.6 Å². The van der Waals surface area contributed by atoms with Crippen molar-refractivity contribution in [1.29, 1.82) is 0 Å². The second kappa shape index (κ2) is 7.39. The van der Waals surface area contributed by atoms with Gasteiger partial charge in [0.1, 0.15) is 0 Å². The fourth-order valence-corrected chi connectivity index (χ4v) is 1.07. The number of nitrogens with one attached hydrogen (secondary N) is 2. The van der Waals surface area contributed by atoms with Gasteiger partial charge in [0.2, 0.25) is 5.91 Å². The topological polar surface area (TPSA) is 81.6 Å². The summed E-state index contributed by atoms with van der Waals surface area (Å²) in [4.78, 5) is 11.4. The summed E-state index contributed by atoms with van der Waals surface area (Å²) in [7, 11) is 0. The van der Waals surface area contributed by atoms with Crippen molar-refractivity contribution in [3.05, 3.63) is 12.7 Å². The van der Waals surface area contributed by atoms with E-state index in [0.717, 1.165) is 0 Å². The summed E-state index contributed by atoms with van der Waals surface area (Å²) in [6.45, 7) is 5.45. The second-order valence-electron chi connectivity index (χ2n) is 3.42. The van der Waals surface area contributed by atoms with Crippen LogP contribution in [0.15, 0.2) is 12.7 Å². The molecule has 0 aliphatic carbocycles. The van der Waals surface area contributed by atoms with Gasteiger partial charge >= 0.3 is 0 Å². The third kappa shape index (κ3) is 4.92. The molecule has 0 spiro atoms. The maximum Gasteiger partial charge on any atom is 0.234 e. The minimum Gasteiger partial charge on any atom is -0.394 e. The lowest BCUT2D eigenvalue weighted by atomic mass is 9.98. The van der Waals surface area contributed by atoms with Gasteiger partial charge in [0, 0.05) is 6.54 Å². The largest absolute Gasteiger partial charge is 0.394 e. The minimum atomic E-state index is -0.910.